The van der Waals surface area contributed by atoms with E-state index in [1.54, 1.807) is 0 Å². The molecule has 1 aromatic carbocycles. The van der Waals surface area contributed by atoms with E-state index in [2.05, 4.69) is 55.4 Å². The first kappa shape index (κ1) is 13.6. The van der Waals surface area contributed by atoms with Crippen molar-refractivity contribution >= 4 is 0 Å². The van der Waals surface area contributed by atoms with Crippen LogP contribution in [0.5, 0.6) is 0 Å². The second-order valence-electron chi connectivity index (χ2n) is 5.85. The molecule has 0 unspecified atom stereocenters. The molecule has 18 heavy (non-hydrogen) atoms. The van der Waals surface area contributed by atoms with Gasteiger partial charge in [-0.3, -0.25) is 4.90 Å². The Morgan fingerprint density at radius 3 is 2.28 bits per heavy atom. The van der Waals surface area contributed by atoms with Crippen LogP contribution in [0.2, 0.25) is 0 Å². The molecule has 0 saturated heterocycles. The average molecular weight is 246 g/mol. The molecule has 0 spiro atoms. The van der Waals surface area contributed by atoms with Crippen molar-refractivity contribution in [2.24, 2.45) is 0 Å². The van der Waals surface area contributed by atoms with E-state index < -0.39 is 0 Å². The van der Waals surface area contributed by atoms with Crippen LogP contribution in [0.3, 0.4) is 0 Å². The molecule has 1 saturated carbocycles. The third-order valence-corrected chi connectivity index (χ3v) is 3.87. The largest absolute Gasteiger partial charge is 0.310 e. The maximum atomic E-state index is 3.45. The highest BCUT2D eigenvalue weighted by Gasteiger charge is 2.21. The van der Waals surface area contributed by atoms with E-state index in [1.165, 1.54) is 30.4 Å². The van der Waals surface area contributed by atoms with Crippen molar-refractivity contribution < 1.29 is 0 Å². The number of rotatable bonds is 6. The van der Waals surface area contributed by atoms with Crippen molar-refractivity contribution in [3.8, 4) is 0 Å². The molecule has 100 valence electrons. The van der Waals surface area contributed by atoms with Crippen LogP contribution < -0.4 is 5.32 Å². The topological polar surface area (TPSA) is 15.3 Å². The van der Waals surface area contributed by atoms with Crippen LogP contribution >= 0.6 is 0 Å². The minimum absolute atomic E-state index is 0.550. The molecule has 0 heterocycles. The van der Waals surface area contributed by atoms with Crippen LogP contribution in [0.4, 0.5) is 0 Å². The first-order chi connectivity index (χ1) is 8.65. The number of hydrogen-bond donors (Lipinski definition) is 1. The van der Waals surface area contributed by atoms with Crippen molar-refractivity contribution in [2.45, 2.75) is 58.3 Å². The van der Waals surface area contributed by atoms with Gasteiger partial charge < -0.3 is 5.32 Å². The molecule has 1 N–H and O–H groups in total. The van der Waals surface area contributed by atoms with Gasteiger partial charge in [-0.05, 0) is 31.0 Å². The van der Waals surface area contributed by atoms with Crippen LogP contribution in [0.25, 0.3) is 0 Å². The first-order valence-electron chi connectivity index (χ1n) is 7.16. The standard InChI is InChI=1S/C16H26N2/c1-13(2)17-11-14-7-9-15(10-8-14)12-18(3)16-5-4-6-16/h7-10,13,16-17H,4-6,11-12H2,1-3H3. The zero-order valence-electron chi connectivity index (χ0n) is 11.9. The van der Waals surface area contributed by atoms with E-state index in [1.807, 2.05) is 0 Å². The lowest BCUT2D eigenvalue weighted by Crippen LogP contribution is -2.36. The van der Waals surface area contributed by atoms with Gasteiger partial charge in [0.25, 0.3) is 0 Å². The van der Waals surface area contributed by atoms with Crippen LogP contribution in [0.1, 0.15) is 44.2 Å². The van der Waals surface area contributed by atoms with Gasteiger partial charge in [-0.1, -0.05) is 44.5 Å². The molecule has 0 radical (unpaired) electrons. The second kappa shape index (κ2) is 6.35. The normalized spacial score (nSPS) is 16.3. The maximum Gasteiger partial charge on any atom is 0.0233 e. The van der Waals surface area contributed by atoms with Crippen LogP contribution in [-0.4, -0.2) is 24.0 Å². The van der Waals surface area contributed by atoms with Gasteiger partial charge >= 0.3 is 0 Å². The maximum absolute atomic E-state index is 3.45. The van der Waals surface area contributed by atoms with Gasteiger partial charge in [-0.25, -0.2) is 0 Å². The van der Waals surface area contributed by atoms with E-state index in [0.29, 0.717) is 6.04 Å². The Morgan fingerprint density at radius 1 is 1.17 bits per heavy atom. The molecule has 0 aromatic heterocycles. The fourth-order valence-corrected chi connectivity index (χ4v) is 2.33. The third-order valence-electron chi connectivity index (χ3n) is 3.87. The number of nitrogens with zero attached hydrogens (tertiary/aromatic N) is 1. The summed E-state index contributed by atoms with van der Waals surface area (Å²) >= 11 is 0. The zero-order chi connectivity index (χ0) is 13.0. The highest BCUT2D eigenvalue weighted by atomic mass is 15.1. The highest BCUT2D eigenvalue weighted by molar-refractivity contribution is 5.22. The summed E-state index contributed by atoms with van der Waals surface area (Å²) in [4.78, 5) is 2.49. The molecule has 1 aliphatic rings. The SMILES string of the molecule is CC(C)NCc1ccc(CN(C)C2CCC2)cc1. The van der Waals surface area contributed by atoms with E-state index in [-0.39, 0.29) is 0 Å². The van der Waals surface area contributed by atoms with Gasteiger partial charge in [-0.2, -0.15) is 0 Å². The zero-order valence-corrected chi connectivity index (χ0v) is 11.9. The van der Waals surface area contributed by atoms with Crippen molar-refractivity contribution in [2.75, 3.05) is 7.05 Å². The van der Waals surface area contributed by atoms with Gasteiger partial charge in [0.05, 0.1) is 0 Å². The minimum Gasteiger partial charge on any atom is -0.310 e. The Bertz CT molecular complexity index is 352. The summed E-state index contributed by atoms with van der Waals surface area (Å²) in [5.41, 5.74) is 2.80. The number of hydrogen-bond acceptors (Lipinski definition) is 2. The monoisotopic (exact) mass is 246 g/mol. The quantitative estimate of drug-likeness (QED) is 0.829. The predicted octanol–water partition coefficient (Wildman–Crippen LogP) is 3.17. The molecule has 2 rings (SSSR count). The summed E-state index contributed by atoms with van der Waals surface area (Å²) in [5.74, 6) is 0. The van der Waals surface area contributed by atoms with Gasteiger partial charge in [0.15, 0.2) is 0 Å². The van der Waals surface area contributed by atoms with Crippen molar-refractivity contribution in [1.29, 1.82) is 0 Å². The minimum atomic E-state index is 0.550. The number of nitrogens with one attached hydrogen (secondary N) is 1. The molecule has 0 amide bonds. The molecule has 1 aliphatic carbocycles. The third kappa shape index (κ3) is 3.82. The molecule has 0 aliphatic heterocycles. The Labute approximate surface area is 111 Å². The van der Waals surface area contributed by atoms with Crippen molar-refractivity contribution in [3.63, 3.8) is 0 Å². The molecule has 1 fully saturated rings. The lowest BCUT2D eigenvalue weighted by Gasteiger charge is -2.34. The van der Waals surface area contributed by atoms with E-state index in [4.69, 9.17) is 0 Å². The Kier molecular flexibility index (Phi) is 4.79. The van der Waals surface area contributed by atoms with Gasteiger partial charge in [0, 0.05) is 25.2 Å². The van der Waals surface area contributed by atoms with Gasteiger partial charge in [0.1, 0.15) is 0 Å². The lowest BCUT2D eigenvalue weighted by molar-refractivity contribution is 0.152. The van der Waals surface area contributed by atoms with Crippen molar-refractivity contribution in [3.05, 3.63) is 35.4 Å². The highest BCUT2D eigenvalue weighted by Crippen LogP contribution is 2.24. The van der Waals surface area contributed by atoms with Crippen molar-refractivity contribution in [1.82, 2.24) is 10.2 Å². The Balaban J connectivity index is 1.82. The fraction of sp³-hybridized carbons (Fsp3) is 0.625. The smallest absolute Gasteiger partial charge is 0.0233 e. The van der Waals surface area contributed by atoms with E-state index >= 15 is 0 Å². The Morgan fingerprint density at radius 2 is 1.78 bits per heavy atom. The lowest BCUT2D eigenvalue weighted by atomic mass is 9.91. The summed E-state index contributed by atoms with van der Waals surface area (Å²) in [5, 5.41) is 3.45. The molecule has 0 atom stereocenters. The van der Waals surface area contributed by atoms with E-state index in [9.17, 15) is 0 Å². The summed E-state index contributed by atoms with van der Waals surface area (Å²) in [6.45, 7) is 6.42. The summed E-state index contributed by atoms with van der Waals surface area (Å²) in [6.07, 6.45) is 4.18. The summed E-state index contributed by atoms with van der Waals surface area (Å²) < 4.78 is 0. The fourth-order valence-electron chi connectivity index (χ4n) is 2.33. The van der Waals surface area contributed by atoms with Gasteiger partial charge in [0.2, 0.25) is 0 Å². The predicted molar refractivity (Wildman–Crippen MR) is 77.5 cm³/mol. The summed E-state index contributed by atoms with van der Waals surface area (Å²) in [6, 6.07) is 10.4. The molecule has 2 nitrogen and oxygen atoms in total. The molecule has 1 aromatic rings. The Hall–Kier alpha value is -0.860. The second-order valence-corrected chi connectivity index (χ2v) is 5.85. The van der Waals surface area contributed by atoms with Crippen LogP contribution in [-0.2, 0) is 13.1 Å². The molecule has 0 bridgehead atoms. The van der Waals surface area contributed by atoms with Crippen LogP contribution in [0.15, 0.2) is 24.3 Å². The van der Waals surface area contributed by atoms with Gasteiger partial charge in [-0.15, -0.1) is 0 Å². The molecular formula is C16H26N2. The summed E-state index contributed by atoms with van der Waals surface area (Å²) in [7, 11) is 2.25. The number of benzene rings is 1. The molecular weight excluding hydrogens is 220 g/mol. The van der Waals surface area contributed by atoms with E-state index in [0.717, 1.165) is 19.1 Å². The van der Waals surface area contributed by atoms with Crippen LogP contribution in [0, 0.1) is 0 Å². The average Bonchev–Trinajstić information content (AvgIpc) is 2.25. The first-order valence-corrected chi connectivity index (χ1v) is 7.16. The molecule has 2 heteroatoms.